The van der Waals surface area contributed by atoms with Crippen LogP contribution in [0.5, 0.6) is 5.75 Å². The van der Waals surface area contributed by atoms with E-state index in [1.165, 1.54) is 5.56 Å². The van der Waals surface area contributed by atoms with Crippen molar-refractivity contribution in [3.05, 3.63) is 29.3 Å². The Morgan fingerprint density at radius 2 is 1.94 bits per heavy atom. The molecule has 0 saturated carbocycles. The molecule has 3 heteroatoms. The van der Waals surface area contributed by atoms with E-state index in [9.17, 15) is 4.79 Å². The van der Waals surface area contributed by atoms with E-state index in [-0.39, 0.29) is 11.8 Å². The Bertz CT molecular complexity index is 399. The number of benzene rings is 1. The van der Waals surface area contributed by atoms with Crippen LogP contribution in [0.2, 0.25) is 0 Å². The van der Waals surface area contributed by atoms with E-state index in [0.29, 0.717) is 17.2 Å². The average Bonchev–Trinajstić information content (AvgIpc) is 2.35. The zero-order chi connectivity index (χ0) is 13.0. The number of carbonyl (C=O) groups excluding carboxylic acids is 1. The molecular weight excluding hydrogens is 214 g/mol. The van der Waals surface area contributed by atoms with E-state index in [2.05, 4.69) is 19.2 Å². The van der Waals surface area contributed by atoms with E-state index in [0.717, 1.165) is 0 Å². The highest BCUT2D eigenvalue weighted by molar-refractivity contribution is 6.02. The first-order valence-electron chi connectivity index (χ1n) is 5.90. The molecule has 0 aliphatic rings. The molecule has 0 aliphatic carbocycles. The van der Waals surface area contributed by atoms with Gasteiger partial charge >= 0.3 is 0 Å². The quantitative estimate of drug-likeness (QED) is 0.797. The molecule has 3 nitrogen and oxygen atoms in total. The van der Waals surface area contributed by atoms with Crippen LogP contribution in [0.4, 0.5) is 0 Å². The highest BCUT2D eigenvalue weighted by Crippen LogP contribution is 2.25. The smallest absolute Gasteiger partial charge is 0.183 e. The Morgan fingerprint density at radius 1 is 1.29 bits per heavy atom. The molecule has 94 valence electrons. The number of hydrogen-bond acceptors (Lipinski definition) is 3. The van der Waals surface area contributed by atoms with Crippen LogP contribution >= 0.6 is 0 Å². The molecule has 0 spiro atoms. The van der Waals surface area contributed by atoms with Gasteiger partial charge in [-0.05, 0) is 37.6 Å². The van der Waals surface area contributed by atoms with Gasteiger partial charge in [-0.1, -0.05) is 19.9 Å². The van der Waals surface area contributed by atoms with Gasteiger partial charge in [-0.15, -0.1) is 0 Å². The van der Waals surface area contributed by atoms with Crippen molar-refractivity contribution in [2.75, 3.05) is 14.2 Å². The normalized spacial score (nSPS) is 12.6. The first kappa shape index (κ1) is 13.7. The maximum Gasteiger partial charge on any atom is 0.183 e. The lowest BCUT2D eigenvalue weighted by Crippen LogP contribution is -2.31. The summed E-state index contributed by atoms with van der Waals surface area (Å²) < 4.78 is 5.30. The summed E-state index contributed by atoms with van der Waals surface area (Å²) in [6.07, 6.45) is 0. The molecule has 1 aromatic rings. The van der Waals surface area contributed by atoms with Gasteiger partial charge in [0.05, 0.1) is 18.7 Å². The Labute approximate surface area is 103 Å². The van der Waals surface area contributed by atoms with Crippen LogP contribution in [-0.2, 0) is 0 Å². The molecule has 0 aromatic heterocycles. The van der Waals surface area contributed by atoms with Crippen molar-refractivity contribution in [3.63, 3.8) is 0 Å². The van der Waals surface area contributed by atoms with Gasteiger partial charge in [0.2, 0.25) is 0 Å². The number of ketones is 1. The molecule has 0 saturated heterocycles. The first-order chi connectivity index (χ1) is 8.01. The standard InChI is InChI=1S/C14H21NO2/c1-9(2)11-6-7-12(13(8-11)17-5)14(16)10(3)15-4/h6-10,15H,1-5H3. The molecule has 0 heterocycles. The predicted molar refractivity (Wildman–Crippen MR) is 69.9 cm³/mol. The number of likely N-dealkylation sites (N-methyl/N-ethyl adjacent to an activating group) is 1. The second-order valence-electron chi connectivity index (χ2n) is 4.49. The molecule has 0 radical (unpaired) electrons. The van der Waals surface area contributed by atoms with Crippen LogP contribution < -0.4 is 10.1 Å². The SMILES string of the molecule is CNC(C)C(=O)c1ccc(C(C)C)cc1OC. The third kappa shape index (κ3) is 3.07. The maximum atomic E-state index is 12.1. The monoisotopic (exact) mass is 235 g/mol. The first-order valence-corrected chi connectivity index (χ1v) is 5.90. The Kier molecular flexibility index (Phi) is 4.70. The van der Waals surface area contributed by atoms with Crippen LogP contribution in [0.1, 0.15) is 42.6 Å². The molecule has 1 N–H and O–H groups in total. The third-order valence-electron chi connectivity index (χ3n) is 2.98. The second-order valence-corrected chi connectivity index (χ2v) is 4.49. The molecule has 1 unspecified atom stereocenters. The van der Waals surface area contributed by atoms with Gasteiger partial charge in [0.1, 0.15) is 5.75 Å². The molecule has 0 bridgehead atoms. The molecule has 1 atom stereocenters. The van der Waals surface area contributed by atoms with Crippen molar-refractivity contribution in [2.45, 2.75) is 32.7 Å². The van der Waals surface area contributed by atoms with E-state index in [1.54, 1.807) is 14.2 Å². The van der Waals surface area contributed by atoms with Gasteiger partial charge in [0.25, 0.3) is 0 Å². The Balaban J connectivity index is 3.13. The molecule has 17 heavy (non-hydrogen) atoms. The minimum Gasteiger partial charge on any atom is -0.496 e. The molecule has 1 rings (SSSR count). The number of Topliss-reactive ketones (excluding diaryl/α,β-unsaturated/α-hetero) is 1. The second kappa shape index (κ2) is 5.82. The summed E-state index contributed by atoms with van der Waals surface area (Å²) in [6, 6.07) is 5.58. The fourth-order valence-electron chi connectivity index (χ4n) is 1.63. The van der Waals surface area contributed by atoms with Gasteiger partial charge in [0.15, 0.2) is 5.78 Å². The number of rotatable bonds is 5. The highest BCUT2D eigenvalue weighted by atomic mass is 16.5. The lowest BCUT2D eigenvalue weighted by Gasteiger charge is -2.14. The lowest BCUT2D eigenvalue weighted by molar-refractivity contribution is 0.0952. The predicted octanol–water partition coefficient (Wildman–Crippen LogP) is 2.61. The van der Waals surface area contributed by atoms with Crippen LogP contribution in [0.15, 0.2) is 18.2 Å². The molecule has 0 aliphatic heterocycles. The van der Waals surface area contributed by atoms with Crippen LogP contribution in [0, 0.1) is 0 Å². The summed E-state index contributed by atoms with van der Waals surface area (Å²) in [5.74, 6) is 1.14. The Hall–Kier alpha value is -1.35. The third-order valence-corrected chi connectivity index (χ3v) is 2.98. The van der Waals surface area contributed by atoms with Gasteiger partial charge in [-0.25, -0.2) is 0 Å². The average molecular weight is 235 g/mol. The zero-order valence-corrected chi connectivity index (χ0v) is 11.2. The van der Waals surface area contributed by atoms with Crippen LogP contribution in [0.25, 0.3) is 0 Å². The summed E-state index contributed by atoms with van der Waals surface area (Å²) in [7, 11) is 3.37. The van der Waals surface area contributed by atoms with E-state index in [4.69, 9.17) is 4.74 Å². The van der Waals surface area contributed by atoms with Crippen molar-refractivity contribution < 1.29 is 9.53 Å². The van der Waals surface area contributed by atoms with Crippen LogP contribution in [-0.4, -0.2) is 26.0 Å². The maximum absolute atomic E-state index is 12.1. The number of methoxy groups -OCH3 is 1. The van der Waals surface area contributed by atoms with Gasteiger partial charge in [0, 0.05) is 0 Å². The number of carbonyl (C=O) groups is 1. The topological polar surface area (TPSA) is 38.3 Å². The minimum absolute atomic E-state index is 0.0552. The Morgan fingerprint density at radius 3 is 2.41 bits per heavy atom. The van der Waals surface area contributed by atoms with Gasteiger partial charge < -0.3 is 10.1 Å². The van der Waals surface area contributed by atoms with Gasteiger partial charge in [-0.2, -0.15) is 0 Å². The highest BCUT2D eigenvalue weighted by Gasteiger charge is 2.18. The summed E-state index contributed by atoms with van der Waals surface area (Å²) in [5, 5.41) is 2.95. The molecule has 0 amide bonds. The van der Waals surface area contributed by atoms with E-state index < -0.39 is 0 Å². The van der Waals surface area contributed by atoms with E-state index >= 15 is 0 Å². The van der Waals surface area contributed by atoms with Crippen LogP contribution in [0.3, 0.4) is 0 Å². The van der Waals surface area contributed by atoms with Gasteiger partial charge in [-0.3, -0.25) is 4.79 Å². The molecular formula is C14H21NO2. The van der Waals surface area contributed by atoms with E-state index in [1.807, 2.05) is 25.1 Å². The fourth-order valence-corrected chi connectivity index (χ4v) is 1.63. The van der Waals surface area contributed by atoms with Crippen molar-refractivity contribution in [3.8, 4) is 5.75 Å². The lowest BCUT2D eigenvalue weighted by atomic mass is 9.97. The summed E-state index contributed by atoms with van der Waals surface area (Å²) >= 11 is 0. The van der Waals surface area contributed by atoms with Crippen molar-refractivity contribution in [1.82, 2.24) is 5.32 Å². The number of nitrogens with one attached hydrogen (secondary N) is 1. The molecule has 1 aromatic carbocycles. The summed E-state index contributed by atoms with van der Waals surface area (Å²) in [5.41, 5.74) is 1.81. The largest absolute Gasteiger partial charge is 0.496 e. The minimum atomic E-state index is -0.200. The van der Waals surface area contributed by atoms with Crippen molar-refractivity contribution >= 4 is 5.78 Å². The summed E-state index contributed by atoms with van der Waals surface area (Å²) in [6.45, 7) is 6.08. The molecule has 0 fully saturated rings. The van der Waals surface area contributed by atoms with Crippen molar-refractivity contribution in [1.29, 1.82) is 0 Å². The fraction of sp³-hybridized carbons (Fsp3) is 0.500. The number of ether oxygens (including phenoxy) is 1. The zero-order valence-electron chi connectivity index (χ0n) is 11.2. The van der Waals surface area contributed by atoms with Crippen molar-refractivity contribution in [2.24, 2.45) is 0 Å². The number of hydrogen-bond donors (Lipinski definition) is 1. The summed E-state index contributed by atoms with van der Waals surface area (Å²) in [4.78, 5) is 12.1.